The summed E-state index contributed by atoms with van der Waals surface area (Å²) < 4.78 is 0. The molecule has 2 atom stereocenters. The highest BCUT2D eigenvalue weighted by Gasteiger charge is 2.27. The van der Waals surface area contributed by atoms with Crippen LogP contribution in [0.3, 0.4) is 0 Å². The molecular weight excluding hydrogens is 202 g/mol. The molecular formula is C12H19N3O. The van der Waals surface area contributed by atoms with Gasteiger partial charge in [-0.3, -0.25) is 9.78 Å². The number of carbonyl (C=O) groups excluding carboxylic acids is 1. The summed E-state index contributed by atoms with van der Waals surface area (Å²) in [7, 11) is 0. The van der Waals surface area contributed by atoms with Crippen LogP contribution < -0.4 is 11.1 Å². The Morgan fingerprint density at radius 2 is 2.12 bits per heavy atom. The Balaban J connectivity index is 2.66. The SMILES string of the molecule is CCC(C)(N)C(=O)N[C@@H](C)c1ccncc1. The highest BCUT2D eigenvalue weighted by molar-refractivity contribution is 5.85. The molecule has 0 saturated carbocycles. The lowest BCUT2D eigenvalue weighted by atomic mass is 9.98. The quantitative estimate of drug-likeness (QED) is 0.807. The van der Waals surface area contributed by atoms with Gasteiger partial charge in [-0.1, -0.05) is 6.92 Å². The summed E-state index contributed by atoms with van der Waals surface area (Å²) in [5, 5.41) is 2.90. The van der Waals surface area contributed by atoms with E-state index in [1.807, 2.05) is 26.0 Å². The van der Waals surface area contributed by atoms with Gasteiger partial charge in [-0.25, -0.2) is 0 Å². The van der Waals surface area contributed by atoms with Crippen molar-refractivity contribution in [2.45, 2.75) is 38.8 Å². The zero-order valence-electron chi connectivity index (χ0n) is 10.0. The second-order valence-corrected chi connectivity index (χ2v) is 4.25. The molecule has 3 N–H and O–H groups in total. The van der Waals surface area contributed by atoms with Gasteiger partial charge in [-0.2, -0.15) is 0 Å². The van der Waals surface area contributed by atoms with E-state index >= 15 is 0 Å². The number of hydrogen-bond donors (Lipinski definition) is 2. The monoisotopic (exact) mass is 221 g/mol. The third kappa shape index (κ3) is 3.03. The third-order valence-electron chi connectivity index (χ3n) is 2.81. The van der Waals surface area contributed by atoms with Gasteiger partial charge in [0.25, 0.3) is 0 Å². The number of aromatic nitrogens is 1. The van der Waals surface area contributed by atoms with Crippen LogP contribution in [0.1, 0.15) is 38.8 Å². The number of amides is 1. The predicted molar refractivity (Wildman–Crippen MR) is 63.7 cm³/mol. The van der Waals surface area contributed by atoms with Gasteiger partial charge < -0.3 is 11.1 Å². The van der Waals surface area contributed by atoms with Gasteiger partial charge in [0.05, 0.1) is 11.6 Å². The minimum Gasteiger partial charge on any atom is -0.348 e. The fourth-order valence-corrected chi connectivity index (χ4v) is 1.26. The van der Waals surface area contributed by atoms with Crippen LogP contribution in [0.5, 0.6) is 0 Å². The molecule has 4 heteroatoms. The average Bonchev–Trinajstić information content (AvgIpc) is 2.30. The molecule has 88 valence electrons. The molecule has 0 aliphatic carbocycles. The van der Waals surface area contributed by atoms with E-state index in [0.29, 0.717) is 6.42 Å². The standard InChI is InChI=1S/C12H19N3O/c1-4-12(3,13)11(16)15-9(2)10-5-7-14-8-6-10/h5-9H,4,13H2,1-3H3,(H,15,16)/t9-,12?/m0/s1. The molecule has 0 aliphatic heterocycles. The van der Waals surface area contributed by atoms with E-state index in [2.05, 4.69) is 10.3 Å². The van der Waals surface area contributed by atoms with Crippen molar-refractivity contribution >= 4 is 5.91 Å². The first kappa shape index (κ1) is 12.6. The zero-order chi connectivity index (χ0) is 12.2. The molecule has 1 heterocycles. The Labute approximate surface area is 96.3 Å². The van der Waals surface area contributed by atoms with Crippen LogP contribution in [0.25, 0.3) is 0 Å². The molecule has 0 spiro atoms. The summed E-state index contributed by atoms with van der Waals surface area (Å²) in [6, 6.07) is 3.71. The number of hydrogen-bond acceptors (Lipinski definition) is 3. The van der Waals surface area contributed by atoms with Gasteiger partial charge in [-0.05, 0) is 38.0 Å². The molecule has 16 heavy (non-hydrogen) atoms. The molecule has 0 fully saturated rings. The second-order valence-electron chi connectivity index (χ2n) is 4.25. The summed E-state index contributed by atoms with van der Waals surface area (Å²) in [6.45, 7) is 5.57. The maximum Gasteiger partial charge on any atom is 0.240 e. The first-order chi connectivity index (χ1) is 7.47. The van der Waals surface area contributed by atoms with Crippen molar-refractivity contribution in [1.82, 2.24) is 10.3 Å². The van der Waals surface area contributed by atoms with Crippen molar-refractivity contribution in [2.75, 3.05) is 0 Å². The largest absolute Gasteiger partial charge is 0.348 e. The first-order valence-electron chi connectivity index (χ1n) is 5.47. The number of rotatable bonds is 4. The molecule has 4 nitrogen and oxygen atoms in total. The number of nitrogens with one attached hydrogen (secondary N) is 1. The Kier molecular flexibility index (Phi) is 4.01. The summed E-state index contributed by atoms with van der Waals surface area (Å²) in [4.78, 5) is 15.8. The molecule has 1 rings (SSSR count). The molecule has 0 aliphatic rings. The zero-order valence-corrected chi connectivity index (χ0v) is 10.0. The molecule has 1 amide bonds. The van der Waals surface area contributed by atoms with Crippen molar-refractivity contribution in [2.24, 2.45) is 5.73 Å². The van der Waals surface area contributed by atoms with E-state index in [1.54, 1.807) is 19.3 Å². The maximum atomic E-state index is 11.8. The fourth-order valence-electron chi connectivity index (χ4n) is 1.26. The van der Waals surface area contributed by atoms with Gasteiger partial charge in [0, 0.05) is 12.4 Å². The summed E-state index contributed by atoms with van der Waals surface area (Å²) in [5.41, 5.74) is 6.08. The Hall–Kier alpha value is -1.42. The minimum absolute atomic E-state index is 0.0510. The number of carbonyl (C=O) groups is 1. The van der Waals surface area contributed by atoms with Crippen LogP contribution in [-0.4, -0.2) is 16.4 Å². The van der Waals surface area contributed by atoms with Crippen LogP contribution in [0.4, 0.5) is 0 Å². The first-order valence-corrected chi connectivity index (χ1v) is 5.47. The molecule has 1 aromatic heterocycles. The van der Waals surface area contributed by atoms with E-state index in [4.69, 9.17) is 5.73 Å². The fraction of sp³-hybridized carbons (Fsp3) is 0.500. The molecule has 0 radical (unpaired) electrons. The van der Waals surface area contributed by atoms with E-state index < -0.39 is 5.54 Å². The summed E-state index contributed by atoms with van der Waals surface area (Å²) in [6.07, 6.45) is 4.03. The van der Waals surface area contributed by atoms with Crippen LogP contribution in [0, 0.1) is 0 Å². The lowest BCUT2D eigenvalue weighted by Crippen LogP contribution is -2.51. The number of nitrogens with two attached hydrogens (primary N) is 1. The summed E-state index contributed by atoms with van der Waals surface area (Å²) >= 11 is 0. The Bertz CT molecular complexity index is 349. The van der Waals surface area contributed by atoms with E-state index in [1.165, 1.54) is 0 Å². The Morgan fingerprint density at radius 1 is 1.56 bits per heavy atom. The van der Waals surface area contributed by atoms with Crippen LogP contribution in [0.2, 0.25) is 0 Å². The van der Waals surface area contributed by atoms with E-state index in [-0.39, 0.29) is 11.9 Å². The Morgan fingerprint density at radius 3 is 2.62 bits per heavy atom. The van der Waals surface area contributed by atoms with Gasteiger partial charge in [0.2, 0.25) is 5.91 Å². The molecule has 0 saturated heterocycles. The van der Waals surface area contributed by atoms with Gasteiger partial charge in [0.15, 0.2) is 0 Å². The van der Waals surface area contributed by atoms with Gasteiger partial charge in [-0.15, -0.1) is 0 Å². The van der Waals surface area contributed by atoms with Crippen LogP contribution >= 0.6 is 0 Å². The number of pyridine rings is 1. The van der Waals surface area contributed by atoms with Gasteiger partial charge in [0.1, 0.15) is 0 Å². The van der Waals surface area contributed by atoms with Gasteiger partial charge >= 0.3 is 0 Å². The normalized spacial score (nSPS) is 16.2. The highest BCUT2D eigenvalue weighted by atomic mass is 16.2. The predicted octanol–water partition coefficient (Wildman–Crippen LogP) is 1.39. The highest BCUT2D eigenvalue weighted by Crippen LogP contribution is 2.13. The molecule has 0 aromatic carbocycles. The topological polar surface area (TPSA) is 68.0 Å². The van der Waals surface area contributed by atoms with E-state index in [0.717, 1.165) is 5.56 Å². The average molecular weight is 221 g/mol. The third-order valence-corrected chi connectivity index (χ3v) is 2.81. The molecule has 1 unspecified atom stereocenters. The number of nitrogens with zero attached hydrogens (tertiary/aromatic N) is 1. The van der Waals surface area contributed by atoms with E-state index in [9.17, 15) is 4.79 Å². The maximum absolute atomic E-state index is 11.8. The molecule has 0 bridgehead atoms. The summed E-state index contributed by atoms with van der Waals surface area (Å²) in [5.74, 6) is -0.126. The second kappa shape index (κ2) is 5.07. The lowest BCUT2D eigenvalue weighted by molar-refractivity contribution is -0.126. The van der Waals surface area contributed by atoms with Crippen molar-refractivity contribution in [3.63, 3.8) is 0 Å². The van der Waals surface area contributed by atoms with Crippen molar-refractivity contribution in [3.05, 3.63) is 30.1 Å². The lowest BCUT2D eigenvalue weighted by Gasteiger charge is -2.24. The van der Waals surface area contributed by atoms with Crippen LogP contribution in [-0.2, 0) is 4.79 Å². The minimum atomic E-state index is -0.804. The van der Waals surface area contributed by atoms with Crippen molar-refractivity contribution in [1.29, 1.82) is 0 Å². The van der Waals surface area contributed by atoms with Crippen molar-refractivity contribution in [3.8, 4) is 0 Å². The smallest absolute Gasteiger partial charge is 0.240 e. The van der Waals surface area contributed by atoms with Crippen LogP contribution in [0.15, 0.2) is 24.5 Å². The van der Waals surface area contributed by atoms with Crippen molar-refractivity contribution < 1.29 is 4.79 Å². The molecule has 1 aromatic rings.